The van der Waals surface area contributed by atoms with Gasteiger partial charge in [-0.25, -0.2) is 4.79 Å². The van der Waals surface area contributed by atoms with Crippen LogP contribution in [-0.4, -0.2) is 30.8 Å². The minimum Gasteiger partial charge on any atom is -0.449 e. The molecule has 23 heavy (non-hydrogen) atoms. The molecule has 1 aliphatic heterocycles. The lowest BCUT2D eigenvalue weighted by atomic mass is 10.0. The largest absolute Gasteiger partial charge is 0.449 e. The Morgan fingerprint density at radius 2 is 1.78 bits per heavy atom. The van der Waals surface area contributed by atoms with Crippen molar-refractivity contribution < 1.29 is 23.1 Å². The van der Waals surface area contributed by atoms with Gasteiger partial charge in [0.25, 0.3) is 0 Å². The van der Waals surface area contributed by atoms with Crippen LogP contribution in [0.15, 0.2) is 30.5 Å². The lowest BCUT2D eigenvalue weighted by molar-refractivity contribution is 0.109. The fraction of sp³-hybridized carbons (Fsp3) is 0.438. The Balaban J connectivity index is 2.52. The Hall–Kier alpha value is -1.62. The summed E-state index contributed by atoms with van der Waals surface area (Å²) in [4.78, 5) is 13.6. The number of benzene rings is 1. The molecule has 0 saturated carbocycles. The van der Waals surface area contributed by atoms with Crippen LogP contribution in [-0.2, 0) is 18.3 Å². The summed E-state index contributed by atoms with van der Waals surface area (Å²) in [6.45, 7) is 5.87. The molecule has 126 valence electrons. The van der Waals surface area contributed by atoms with Gasteiger partial charge in [0.2, 0.25) is 0 Å². The fourth-order valence-electron chi connectivity index (χ4n) is 2.51. The average Bonchev–Trinajstić information content (AvgIpc) is 2.54. The van der Waals surface area contributed by atoms with E-state index in [0.29, 0.717) is 5.56 Å². The minimum absolute atomic E-state index is 0.219. The van der Waals surface area contributed by atoms with Gasteiger partial charge < -0.3 is 13.8 Å². The molecule has 1 amide bonds. The molecule has 7 heteroatoms. The average molecular weight is 339 g/mol. The molecule has 0 N–H and O–H groups in total. The van der Waals surface area contributed by atoms with Crippen molar-refractivity contribution in [1.82, 2.24) is 4.90 Å². The SMILES string of the molecule is CCOC(=O)N1C=Cc2ccccc2C1P(=O)(OCC)OCC. The summed E-state index contributed by atoms with van der Waals surface area (Å²) in [6, 6.07) is 7.42. The van der Waals surface area contributed by atoms with E-state index in [9.17, 15) is 9.36 Å². The number of hydrogen-bond donors (Lipinski definition) is 0. The molecule has 1 atom stereocenters. The van der Waals surface area contributed by atoms with Gasteiger partial charge in [0.15, 0.2) is 5.78 Å². The maximum absolute atomic E-state index is 13.3. The highest BCUT2D eigenvalue weighted by molar-refractivity contribution is 7.54. The summed E-state index contributed by atoms with van der Waals surface area (Å²) < 4.78 is 29.4. The number of hydrogen-bond acceptors (Lipinski definition) is 5. The molecule has 0 radical (unpaired) electrons. The fourth-order valence-corrected chi connectivity index (χ4v) is 4.64. The van der Waals surface area contributed by atoms with Crippen molar-refractivity contribution in [2.75, 3.05) is 19.8 Å². The van der Waals surface area contributed by atoms with Crippen molar-refractivity contribution >= 4 is 19.8 Å². The highest BCUT2D eigenvalue weighted by atomic mass is 31.2. The van der Waals surface area contributed by atoms with Gasteiger partial charge in [-0.3, -0.25) is 9.46 Å². The number of rotatable bonds is 6. The summed E-state index contributed by atoms with van der Waals surface area (Å²) >= 11 is 0. The third-order valence-corrected chi connectivity index (χ3v) is 5.71. The van der Waals surface area contributed by atoms with Crippen molar-refractivity contribution in [1.29, 1.82) is 0 Å². The summed E-state index contributed by atoms with van der Waals surface area (Å²) in [5.74, 6) is -0.859. The number of carbonyl (C=O) groups excluding carboxylic acids is 1. The van der Waals surface area contributed by atoms with Crippen molar-refractivity contribution in [2.24, 2.45) is 0 Å². The molecule has 1 unspecified atom stereocenters. The van der Waals surface area contributed by atoms with E-state index in [-0.39, 0.29) is 19.8 Å². The molecule has 0 aromatic heterocycles. The first-order valence-electron chi connectivity index (χ1n) is 7.68. The normalized spacial score (nSPS) is 17.0. The van der Waals surface area contributed by atoms with Crippen molar-refractivity contribution in [3.63, 3.8) is 0 Å². The first-order valence-corrected chi connectivity index (χ1v) is 9.29. The van der Waals surface area contributed by atoms with E-state index in [0.717, 1.165) is 5.56 Å². The van der Waals surface area contributed by atoms with Crippen LogP contribution in [0.2, 0.25) is 0 Å². The Bertz CT molecular complexity index is 621. The van der Waals surface area contributed by atoms with Gasteiger partial charge in [-0.2, -0.15) is 0 Å². The first-order chi connectivity index (χ1) is 11.1. The maximum Gasteiger partial charge on any atom is 0.414 e. The lowest BCUT2D eigenvalue weighted by Crippen LogP contribution is -2.34. The quantitative estimate of drug-likeness (QED) is 0.719. The second kappa shape index (κ2) is 7.77. The highest BCUT2D eigenvalue weighted by Crippen LogP contribution is 2.63. The molecule has 1 heterocycles. The van der Waals surface area contributed by atoms with Gasteiger partial charge in [-0.15, -0.1) is 0 Å². The van der Waals surface area contributed by atoms with E-state index >= 15 is 0 Å². The predicted octanol–water partition coefficient (Wildman–Crippen LogP) is 4.39. The van der Waals surface area contributed by atoms with E-state index in [4.69, 9.17) is 13.8 Å². The van der Waals surface area contributed by atoms with Crippen LogP contribution >= 0.6 is 7.60 Å². The lowest BCUT2D eigenvalue weighted by Gasteiger charge is -2.36. The smallest absolute Gasteiger partial charge is 0.414 e. The number of fused-ring (bicyclic) bond motifs is 1. The Morgan fingerprint density at radius 1 is 1.13 bits per heavy atom. The van der Waals surface area contributed by atoms with Gasteiger partial charge >= 0.3 is 13.7 Å². The number of carbonyl (C=O) groups is 1. The van der Waals surface area contributed by atoms with Crippen molar-refractivity contribution in [2.45, 2.75) is 26.6 Å². The van der Waals surface area contributed by atoms with Crippen LogP contribution in [0, 0.1) is 0 Å². The molecule has 1 aliphatic rings. The van der Waals surface area contributed by atoms with Crippen molar-refractivity contribution in [3.8, 4) is 0 Å². The molecule has 0 saturated heterocycles. The Kier molecular flexibility index (Phi) is 5.99. The number of amides is 1. The molecule has 2 rings (SSSR count). The summed E-state index contributed by atoms with van der Waals surface area (Å²) in [5.41, 5.74) is 1.59. The molecule has 0 spiro atoms. The van der Waals surface area contributed by atoms with Crippen LogP contribution in [0.3, 0.4) is 0 Å². The highest BCUT2D eigenvalue weighted by Gasteiger charge is 2.45. The maximum atomic E-state index is 13.3. The third-order valence-electron chi connectivity index (χ3n) is 3.35. The number of nitrogens with zero attached hydrogens (tertiary/aromatic N) is 1. The molecular weight excluding hydrogens is 317 g/mol. The second-order valence-electron chi connectivity index (χ2n) is 4.80. The molecule has 0 aliphatic carbocycles. The van der Waals surface area contributed by atoms with E-state index in [2.05, 4.69) is 0 Å². The zero-order valence-electron chi connectivity index (χ0n) is 13.6. The van der Waals surface area contributed by atoms with Gasteiger partial charge in [0.05, 0.1) is 19.8 Å². The van der Waals surface area contributed by atoms with Crippen LogP contribution in [0.5, 0.6) is 0 Å². The molecular formula is C16H22NO5P. The van der Waals surface area contributed by atoms with Gasteiger partial charge in [-0.1, -0.05) is 24.3 Å². The predicted molar refractivity (Wildman–Crippen MR) is 87.9 cm³/mol. The Morgan fingerprint density at radius 3 is 2.39 bits per heavy atom. The van der Waals surface area contributed by atoms with Gasteiger partial charge in [-0.05, 0) is 38.0 Å². The molecule has 0 bridgehead atoms. The van der Waals surface area contributed by atoms with E-state index in [1.807, 2.05) is 24.3 Å². The van der Waals surface area contributed by atoms with Crippen molar-refractivity contribution in [3.05, 3.63) is 41.6 Å². The molecule has 1 aromatic rings. The minimum atomic E-state index is -3.59. The van der Waals surface area contributed by atoms with E-state index in [1.54, 1.807) is 33.0 Å². The van der Waals surface area contributed by atoms with Crippen LogP contribution < -0.4 is 0 Å². The van der Waals surface area contributed by atoms with E-state index < -0.39 is 19.5 Å². The van der Waals surface area contributed by atoms with Crippen LogP contribution in [0.1, 0.15) is 37.7 Å². The zero-order valence-corrected chi connectivity index (χ0v) is 14.5. The standard InChI is InChI=1S/C16H22NO5P/c1-4-20-16(18)17-12-11-13-9-7-8-10-14(13)15(17)23(19,21-5-2)22-6-3/h7-12,15H,4-6H2,1-3H3. The molecule has 1 aromatic carbocycles. The molecule has 0 fully saturated rings. The third kappa shape index (κ3) is 3.66. The first kappa shape index (κ1) is 17.7. The summed E-state index contributed by atoms with van der Waals surface area (Å²) in [6.07, 6.45) is 2.77. The van der Waals surface area contributed by atoms with Crippen LogP contribution in [0.4, 0.5) is 4.79 Å². The molecule has 6 nitrogen and oxygen atoms in total. The second-order valence-corrected chi connectivity index (χ2v) is 6.89. The monoisotopic (exact) mass is 339 g/mol. The Labute approximate surface area is 136 Å². The van der Waals surface area contributed by atoms with E-state index in [1.165, 1.54) is 4.90 Å². The number of ether oxygens (including phenoxy) is 1. The summed E-state index contributed by atoms with van der Waals surface area (Å²) in [7, 11) is -3.59. The zero-order chi connectivity index (χ0) is 16.9. The van der Waals surface area contributed by atoms with Gasteiger partial charge in [0, 0.05) is 6.20 Å². The van der Waals surface area contributed by atoms with Gasteiger partial charge in [0.1, 0.15) is 0 Å². The topological polar surface area (TPSA) is 65.1 Å². The summed E-state index contributed by atoms with van der Waals surface area (Å²) in [5, 5.41) is 0. The van der Waals surface area contributed by atoms with Crippen LogP contribution in [0.25, 0.3) is 6.08 Å².